The van der Waals surface area contributed by atoms with Gasteiger partial charge >= 0.3 is 5.97 Å². The van der Waals surface area contributed by atoms with Crippen molar-refractivity contribution in [3.05, 3.63) is 12.7 Å². The summed E-state index contributed by atoms with van der Waals surface area (Å²) in [5.74, 6) is -0.228. The normalized spacial score (nSPS) is 16.9. The zero-order chi connectivity index (χ0) is 11.2. The molecule has 82 valence electrons. The molecule has 3 heteroatoms. The number of allylic oxidation sites excluding steroid dienone is 1. The van der Waals surface area contributed by atoms with Crippen molar-refractivity contribution in [2.24, 2.45) is 5.41 Å². The standard InChI is InChI=1S/C11H20O3/c1-6-8-11(4,9(3)13-5)10(12)14-7-2/h6,9H,1,7-8H2,2-5H3/t9-,11+/m1/s1. The fourth-order valence-electron chi connectivity index (χ4n) is 1.27. The first-order valence-electron chi connectivity index (χ1n) is 4.83. The van der Waals surface area contributed by atoms with E-state index in [9.17, 15) is 4.79 Å². The highest BCUT2D eigenvalue weighted by Gasteiger charge is 2.39. The van der Waals surface area contributed by atoms with Gasteiger partial charge in [0.2, 0.25) is 0 Å². The average molecular weight is 200 g/mol. The maximum Gasteiger partial charge on any atom is 0.314 e. The van der Waals surface area contributed by atoms with E-state index in [4.69, 9.17) is 9.47 Å². The molecule has 0 bridgehead atoms. The third-order valence-electron chi connectivity index (χ3n) is 2.56. The highest BCUT2D eigenvalue weighted by molar-refractivity contribution is 5.77. The van der Waals surface area contributed by atoms with Gasteiger partial charge in [0.1, 0.15) is 0 Å². The summed E-state index contributed by atoms with van der Waals surface area (Å²) < 4.78 is 10.2. The number of rotatable bonds is 6. The third kappa shape index (κ3) is 2.84. The lowest BCUT2D eigenvalue weighted by Gasteiger charge is -2.31. The van der Waals surface area contributed by atoms with Gasteiger partial charge < -0.3 is 9.47 Å². The van der Waals surface area contributed by atoms with Crippen LogP contribution in [0.5, 0.6) is 0 Å². The Kier molecular flexibility index (Phi) is 5.46. The minimum Gasteiger partial charge on any atom is -0.465 e. The summed E-state index contributed by atoms with van der Waals surface area (Å²) in [4.78, 5) is 11.7. The molecule has 0 radical (unpaired) electrons. The van der Waals surface area contributed by atoms with Crippen LogP contribution in [-0.4, -0.2) is 25.8 Å². The van der Waals surface area contributed by atoms with Crippen molar-refractivity contribution in [1.29, 1.82) is 0 Å². The Balaban J connectivity index is 4.68. The van der Waals surface area contributed by atoms with E-state index in [1.807, 2.05) is 13.8 Å². The molecule has 14 heavy (non-hydrogen) atoms. The highest BCUT2D eigenvalue weighted by atomic mass is 16.5. The summed E-state index contributed by atoms with van der Waals surface area (Å²) in [6.45, 7) is 9.52. The molecule has 0 saturated carbocycles. The van der Waals surface area contributed by atoms with Gasteiger partial charge in [0.05, 0.1) is 18.1 Å². The first kappa shape index (κ1) is 13.2. The van der Waals surface area contributed by atoms with Crippen molar-refractivity contribution < 1.29 is 14.3 Å². The second-order valence-electron chi connectivity index (χ2n) is 3.51. The Labute approximate surface area is 86.1 Å². The number of hydrogen-bond acceptors (Lipinski definition) is 3. The first-order valence-corrected chi connectivity index (χ1v) is 4.83. The molecule has 0 aromatic heterocycles. The number of ether oxygens (including phenoxy) is 2. The van der Waals surface area contributed by atoms with Crippen LogP contribution in [0.4, 0.5) is 0 Å². The Bertz CT molecular complexity index is 201. The minimum atomic E-state index is -0.632. The number of carbonyl (C=O) groups excluding carboxylic acids is 1. The van der Waals surface area contributed by atoms with Crippen molar-refractivity contribution in [3.8, 4) is 0 Å². The number of hydrogen-bond donors (Lipinski definition) is 0. The van der Waals surface area contributed by atoms with Crippen molar-refractivity contribution in [2.45, 2.75) is 33.3 Å². The zero-order valence-electron chi connectivity index (χ0n) is 9.50. The van der Waals surface area contributed by atoms with Crippen LogP contribution >= 0.6 is 0 Å². The van der Waals surface area contributed by atoms with E-state index in [1.54, 1.807) is 20.1 Å². The Hall–Kier alpha value is -0.830. The maximum atomic E-state index is 11.7. The van der Waals surface area contributed by atoms with E-state index in [0.29, 0.717) is 13.0 Å². The number of methoxy groups -OCH3 is 1. The van der Waals surface area contributed by atoms with E-state index < -0.39 is 5.41 Å². The van der Waals surface area contributed by atoms with E-state index in [-0.39, 0.29) is 12.1 Å². The second kappa shape index (κ2) is 5.81. The van der Waals surface area contributed by atoms with Gasteiger partial charge in [-0.15, -0.1) is 6.58 Å². The maximum absolute atomic E-state index is 11.7. The Morgan fingerprint density at radius 3 is 2.57 bits per heavy atom. The fraction of sp³-hybridized carbons (Fsp3) is 0.727. The van der Waals surface area contributed by atoms with Gasteiger partial charge in [-0.25, -0.2) is 0 Å². The predicted octanol–water partition coefficient (Wildman–Crippen LogP) is 2.17. The zero-order valence-corrected chi connectivity index (χ0v) is 9.50. The molecule has 0 N–H and O–H groups in total. The van der Waals surface area contributed by atoms with Crippen molar-refractivity contribution >= 4 is 5.97 Å². The molecule has 0 spiro atoms. The van der Waals surface area contributed by atoms with Crippen LogP contribution < -0.4 is 0 Å². The molecule has 0 aromatic rings. The summed E-state index contributed by atoms with van der Waals surface area (Å²) in [6.07, 6.45) is 2.09. The lowest BCUT2D eigenvalue weighted by molar-refractivity contribution is -0.162. The second-order valence-corrected chi connectivity index (χ2v) is 3.51. The van der Waals surface area contributed by atoms with Crippen LogP contribution in [-0.2, 0) is 14.3 Å². The summed E-state index contributed by atoms with van der Waals surface area (Å²) in [5.41, 5.74) is -0.632. The SMILES string of the molecule is C=CC[C@](C)(C(=O)OCC)[C@@H](C)OC. The minimum absolute atomic E-state index is 0.181. The van der Waals surface area contributed by atoms with Crippen LogP contribution in [0.25, 0.3) is 0 Å². The van der Waals surface area contributed by atoms with Gasteiger partial charge in [0.15, 0.2) is 0 Å². The Morgan fingerprint density at radius 2 is 2.21 bits per heavy atom. The lowest BCUT2D eigenvalue weighted by Crippen LogP contribution is -2.40. The molecule has 0 aliphatic carbocycles. The molecular weight excluding hydrogens is 180 g/mol. The molecular formula is C11H20O3. The van der Waals surface area contributed by atoms with Crippen molar-refractivity contribution in [3.63, 3.8) is 0 Å². The quantitative estimate of drug-likeness (QED) is 0.487. The molecule has 3 nitrogen and oxygen atoms in total. The highest BCUT2D eigenvalue weighted by Crippen LogP contribution is 2.30. The van der Waals surface area contributed by atoms with Crippen LogP contribution in [0.3, 0.4) is 0 Å². The summed E-state index contributed by atoms with van der Waals surface area (Å²) in [5, 5.41) is 0. The summed E-state index contributed by atoms with van der Waals surface area (Å²) in [7, 11) is 1.59. The summed E-state index contributed by atoms with van der Waals surface area (Å²) in [6, 6.07) is 0. The van der Waals surface area contributed by atoms with Crippen molar-refractivity contribution in [1.82, 2.24) is 0 Å². The van der Waals surface area contributed by atoms with E-state index in [1.165, 1.54) is 0 Å². The van der Waals surface area contributed by atoms with Gasteiger partial charge in [-0.1, -0.05) is 6.08 Å². The van der Waals surface area contributed by atoms with Crippen LogP contribution in [0.2, 0.25) is 0 Å². The average Bonchev–Trinajstić information content (AvgIpc) is 2.17. The largest absolute Gasteiger partial charge is 0.465 e. The molecule has 0 fully saturated rings. The molecule has 2 atom stereocenters. The van der Waals surface area contributed by atoms with Gasteiger partial charge in [0, 0.05) is 7.11 Å². The predicted molar refractivity (Wildman–Crippen MR) is 56.0 cm³/mol. The van der Waals surface area contributed by atoms with Crippen LogP contribution in [0.15, 0.2) is 12.7 Å². The van der Waals surface area contributed by atoms with Gasteiger partial charge in [-0.3, -0.25) is 4.79 Å². The number of carbonyl (C=O) groups is 1. The van der Waals surface area contributed by atoms with Crippen molar-refractivity contribution in [2.75, 3.05) is 13.7 Å². The van der Waals surface area contributed by atoms with E-state index in [2.05, 4.69) is 6.58 Å². The first-order chi connectivity index (χ1) is 6.52. The van der Waals surface area contributed by atoms with Crippen LogP contribution in [0, 0.1) is 5.41 Å². The van der Waals surface area contributed by atoms with Gasteiger partial charge in [0.25, 0.3) is 0 Å². The fourth-order valence-corrected chi connectivity index (χ4v) is 1.27. The molecule has 0 aromatic carbocycles. The molecule has 0 aliphatic rings. The molecule has 0 heterocycles. The molecule has 0 rings (SSSR count). The molecule has 0 saturated heterocycles. The lowest BCUT2D eigenvalue weighted by atomic mass is 9.81. The van der Waals surface area contributed by atoms with Gasteiger partial charge in [-0.05, 0) is 27.2 Å². The molecule has 0 unspecified atom stereocenters. The Morgan fingerprint density at radius 1 is 1.64 bits per heavy atom. The third-order valence-corrected chi connectivity index (χ3v) is 2.56. The molecule has 0 amide bonds. The van der Waals surface area contributed by atoms with Crippen LogP contribution in [0.1, 0.15) is 27.2 Å². The van der Waals surface area contributed by atoms with E-state index in [0.717, 1.165) is 0 Å². The topological polar surface area (TPSA) is 35.5 Å². The van der Waals surface area contributed by atoms with E-state index >= 15 is 0 Å². The van der Waals surface area contributed by atoms with Gasteiger partial charge in [-0.2, -0.15) is 0 Å². The molecule has 0 aliphatic heterocycles. The monoisotopic (exact) mass is 200 g/mol. The smallest absolute Gasteiger partial charge is 0.314 e. The summed E-state index contributed by atoms with van der Waals surface area (Å²) >= 11 is 0. The number of esters is 1.